The van der Waals surface area contributed by atoms with E-state index in [1.54, 1.807) is 0 Å². The molecule has 2 unspecified atom stereocenters. The number of hydrogen-bond donors (Lipinski definition) is 2. The fraction of sp³-hybridized carbons (Fsp3) is 0.381. The zero-order valence-electron chi connectivity index (χ0n) is 16.4. The second-order valence-corrected chi connectivity index (χ2v) is 7.44. The molecule has 0 spiro atoms. The van der Waals surface area contributed by atoms with Crippen molar-refractivity contribution in [3.05, 3.63) is 63.3 Å². The van der Waals surface area contributed by atoms with Crippen LogP contribution in [-0.2, 0) is 17.8 Å². The zero-order valence-corrected chi connectivity index (χ0v) is 16.4. The summed E-state index contributed by atoms with van der Waals surface area (Å²) in [6.45, 7) is 2.78. The molecular formula is C21H22FN3O5. The van der Waals surface area contributed by atoms with E-state index < -0.39 is 35.0 Å². The third-order valence-electron chi connectivity index (χ3n) is 5.53. The molecule has 2 atom stereocenters. The highest BCUT2D eigenvalue weighted by atomic mass is 19.1. The van der Waals surface area contributed by atoms with Crippen LogP contribution < -0.4 is 10.7 Å². The number of aromatic nitrogens is 1. The van der Waals surface area contributed by atoms with Gasteiger partial charge in [-0.2, -0.15) is 0 Å². The predicted molar refractivity (Wildman–Crippen MR) is 105 cm³/mol. The van der Waals surface area contributed by atoms with Crippen LogP contribution in [0.3, 0.4) is 0 Å². The number of nitrogens with zero attached hydrogens (tertiary/aromatic N) is 2. The maximum atomic E-state index is 13.0. The molecule has 1 aromatic carbocycles. The lowest BCUT2D eigenvalue weighted by Crippen LogP contribution is -2.55. The summed E-state index contributed by atoms with van der Waals surface area (Å²) >= 11 is 0. The fourth-order valence-electron chi connectivity index (χ4n) is 3.83. The molecule has 2 N–H and O–H groups in total. The third-order valence-corrected chi connectivity index (χ3v) is 5.53. The molecule has 158 valence electrons. The van der Waals surface area contributed by atoms with Crippen molar-refractivity contribution in [2.45, 2.75) is 45.2 Å². The normalized spacial score (nSPS) is 20.5. The molecule has 0 aliphatic carbocycles. The van der Waals surface area contributed by atoms with Crippen molar-refractivity contribution in [2.24, 2.45) is 0 Å². The standard InChI is InChI=1S/C21H22FN3O5/c1-2-14-7-8-25-16(30-14)11-24-10-15(18(26)19(27)17(24)21(25)29)20(28)23-9-12-3-5-13(22)6-4-12/h3-6,10,14,16,27H,2,7-9,11H2,1H3,(H,23,28). The predicted octanol–water partition coefficient (Wildman–Crippen LogP) is 1.60. The number of carbonyl (C=O) groups excluding carboxylic acids is 2. The van der Waals surface area contributed by atoms with Crippen molar-refractivity contribution in [1.29, 1.82) is 0 Å². The van der Waals surface area contributed by atoms with Crippen LogP contribution in [0.25, 0.3) is 0 Å². The SMILES string of the molecule is CCC1CCN2C(=O)c3c(O)c(=O)c(C(=O)NCc4ccc(F)cc4)cn3CC2O1. The van der Waals surface area contributed by atoms with Gasteiger partial charge in [0.1, 0.15) is 11.4 Å². The summed E-state index contributed by atoms with van der Waals surface area (Å²) in [6.07, 6.45) is 2.31. The molecule has 0 radical (unpaired) electrons. The molecule has 9 heteroatoms. The molecule has 2 aliphatic rings. The van der Waals surface area contributed by atoms with E-state index >= 15 is 0 Å². The number of rotatable bonds is 4. The maximum Gasteiger partial charge on any atom is 0.276 e. The minimum Gasteiger partial charge on any atom is -0.503 e. The number of pyridine rings is 1. The Morgan fingerprint density at radius 1 is 1.30 bits per heavy atom. The summed E-state index contributed by atoms with van der Waals surface area (Å²) in [6, 6.07) is 5.58. The maximum absolute atomic E-state index is 13.0. The lowest BCUT2D eigenvalue weighted by Gasteiger charge is -2.43. The quantitative estimate of drug-likeness (QED) is 0.790. The third kappa shape index (κ3) is 3.56. The Labute approximate surface area is 171 Å². The molecule has 2 aromatic rings. The van der Waals surface area contributed by atoms with Gasteiger partial charge in [-0.15, -0.1) is 0 Å². The Kier molecular flexibility index (Phi) is 5.29. The Balaban J connectivity index is 1.60. The Morgan fingerprint density at radius 3 is 2.73 bits per heavy atom. The van der Waals surface area contributed by atoms with Gasteiger partial charge >= 0.3 is 0 Å². The summed E-state index contributed by atoms with van der Waals surface area (Å²) in [4.78, 5) is 39.5. The molecule has 8 nitrogen and oxygen atoms in total. The van der Waals surface area contributed by atoms with Crippen LogP contribution in [0.2, 0.25) is 0 Å². The summed E-state index contributed by atoms with van der Waals surface area (Å²) in [5.41, 5.74) is -0.666. The van der Waals surface area contributed by atoms with E-state index in [0.717, 1.165) is 6.42 Å². The van der Waals surface area contributed by atoms with Gasteiger partial charge in [0.2, 0.25) is 5.43 Å². The van der Waals surface area contributed by atoms with Crippen molar-refractivity contribution >= 4 is 11.8 Å². The van der Waals surface area contributed by atoms with E-state index in [0.29, 0.717) is 18.5 Å². The van der Waals surface area contributed by atoms with E-state index in [1.807, 2.05) is 6.92 Å². The minimum absolute atomic E-state index is 0.0343. The first-order valence-electron chi connectivity index (χ1n) is 9.84. The molecule has 1 fully saturated rings. The van der Waals surface area contributed by atoms with Gasteiger partial charge in [-0.25, -0.2) is 4.39 Å². The topological polar surface area (TPSA) is 101 Å². The molecule has 0 saturated carbocycles. The second-order valence-electron chi connectivity index (χ2n) is 7.44. The zero-order chi connectivity index (χ0) is 21.4. The average Bonchev–Trinajstić information content (AvgIpc) is 2.75. The first-order chi connectivity index (χ1) is 14.4. The highest BCUT2D eigenvalue weighted by molar-refractivity contribution is 5.99. The molecule has 4 rings (SSSR count). The lowest BCUT2D eigenvalue weighted by molar-refractivity contribution is -0.134. The van der Waals surface area contributed by atoms with E-state index in [1.165, 1.54) is 39.9 Å². The van der Waals surface area contributed by atoms with Crippen LogP contribution in [0.4, 0.5) is 4.39 Å². The Bertz CT molecular complexity index is 1050. The van der Waals surface area contributed by atoms with Crippen LogP contribution in [0.1, 0.15) is 46.2 Å². The van der Waals surface area contributed by atoms with Crippen molar-refractivity contribution in [1.82, 2.24) is 14.8 Å². The molecule has 3 heterocycles. The fourth-order valence-corrected chi connectivity index (χ4v) is 3.83. The molecular weight excluding hydrogens is 393 g/mol. The number of benzene rings is 1. The van der Waals surface area contributed by atoms with Crippen LogP contribution in [0.5, 0.6) is 5.75 Å². The smallest absolute Gasteiger partial charge is 0.276 e. The van der Waals surface area contributed by atoms with Gasteiger partial charge in [-0.05, 0) is 30.5 Å². The van der Waals surface area contributed by atoms with Crippen molar-refractivity contribution in [3.63, 3.8) is 0 Å². The van der Waals surface area contributed by atoms with Gasteiger partial charge in [-0.3, -0.25) is 14.4 Å². The number of fused-ring (bicyclic) bond motifs is 2. The van der Waals surface area contributed by atoms with Gasteiger partial charge in [0.05, 0.1) is 12.6 Å². The molecule has 30 heavy (non-hydrogen) atoms. The van der Waals surface area contributed by atoms with E-state index in [9.17, 15) is 23.9 Å². The van der Waals surface area contributed by atoms with Crippen molar-refractivity contribution < 1.29 is 23.8 Å². The monoisotopic (exact) mass is 415 g/mol. The number of amides is 2. The molecule has 1 saturated heterocycles. The minimum atomic E-state index is -0.908. The number of ether oxygens (including phenoxy) is 1. The van der Waals surface area contributed by atoms with Crippen LogP contribution in [-0.4, -0.2) is 45.3 Å². The molecule has 1 aromatic heterocycles. The summed E-state index contributed by atoms with van der Waals surface area (Å²) in [5, 5.41) is 13.0. The average molecular weight is 415 g/mol. The number of nitrogens with one attached hydrogen (secondary N) is 1. The first-order valence-corrected chi connectivity index (χ1v) is 9.84. The Morgan fingerprint density at radius 2 is 2.03 bits per heavy atom. The second kappa shape index (κ2) is 7.91. The molecule has 0 bridgehead atoms. The largest absolute Gasteiger partial charge is 0.503 e. The van der Waals surface area contributed by atoms with Gasteiger partial charge in [0.15, 0.2) is 17.7 Å². The Hall–Kier alpha value is -3.20. The van der Waals surface area contributed by atoms with Gasteiger partial charge in [0.25, 0.3) is 11.8 Å². The van der Waals surface area contributed by atoms with Crippen molar-refractivity contribution in [2.75, 3.05) is 6.54 Å². The number of carbonyl (C=O) groups is 2. The summed E-state index contributed by atoms with van der Waals surface area (Å²) in [5.74, 6) is -2.32. The van der Waals surface area contributed by atoms with Crippen LogP contribution >= 0.6 is 0 Å². The summed E-state index contributed by atoms with van der Waals surface area (Å²) in [7, 11) is 0. The summed E-state index contributed by atoms with van der Waals surface area (Å²) < 4.78 is 20.4. The van der Waals surface area contributed by atoms with E-state index in [4.69, 9.17) is 4.74 Å². The van der Waals surface area contributed by atoms with E-state index in [-0.39, 0.29) is 30.5 Å². The highest BCUT2D eigenvalue weighted by Gasteiger charge is 2.40. The number of halogens is 1. The van der Waals surface area contributed by atoms with Gasteiger partial charge < -0.3 is 24.6 Å². The lowest BCUT2D eigenvalue weighted by atomic mass is 10.1. The molecule has 2 amide bonds. The number of aromatic hydroxyl groups is 1. The van der Waals surface area contributed by atoms with Crippen LogP contribution in [0, 0.1) is 5.82 Å². The molecule has 2 aliphatic heterocycles. The number of hydrogen-bond acceptors (Lipinski definition) is 5. The highest BCUT2D eigenvalue weighted by Crippen LogP contribution is 2.28. The van der Waals surface area contributed by atoms with Gasteiger partial charge in [-0.1, -0.05) is 19.1 Å². The van der Waals surface area contributed by atoms with Crippen LogP contribution in [0.15, 0.2) is 35.3 Å². The van der Waals surface area contributed by atoms with Crippen molar-refractivity contribution in [3.8, 4) is 5.75 Å². The van der Waals surface area contributed by atoms with E-state index in [2.05, 4.69) is 5.32 Å². The van der Waals surface area contributed by atoms with Gasteiger partial charge in [0, 0.05) is 19.3 Å². The first kappa shape index (κ1) is 20.1.